The van der Waals surface area contributed by atoms with Crippen LogP contribution in [0.5, 0.6) is 0 Å². The van der Waals surface area contributed by atoms with Gasteiger partial charge in [-0.25, -0.2) is 9.59 Å². The lowest BCUT2D eigenvalue weighted by molar-refractivity contribution is -0.372. The third kappa shape index (κ3) is 27.4. The number of aliphatic hydroxyl groups excluding tert-OH is 1. The summed E-state index contributed by atoms with van der Waals surface area (Å²) >= 11 is 0. The molecule has 0 spiro atoms. The number of rotatable bonds is 35. The smallest absolute Gasteiger partial charge is 0.407 e. The predicted molar refractivity (Wildman–Crippen MR) is 404 cm³/mol. The highest BCUT2D eigenvalue weighted by atomic mass is 16.8. The lowest BCUT2D eigenvalue weighted by Gasteiger charge is -2.51. The average Bonchev–Trinajstić information content (AvgIpc) is 1.27. The van der Waals surface area contributed by atoms with Crippen LogP contribution in [0.1, 0.15) is 128 Å². The van der Waals surface area contributed by atoms with E-state index in [9.17, 15) is 91.7 Å². The summed E-state index contributed by atoms with van der Waals surface area (Å²) in [4.78, 5) is 224. The zero-order valence-corrected chi connectivity index (χ0v) is 70.8. The molecule has 46 heteroatoms. The van der Waals surface area contributed by atoms with E-state index >= 15 is 0 Å². The molecule has 27 atom stereocenters. The number of carbonyl (C=O) groups is 17. The second kappa shape index (κ2) is 45.1. The Morgan fingerprint density at radius 2 is 0.656 bits per heavy atom. The maximum Gasteiger partial charge on any atom is 0.407 e. The number of aliphatic hydroxyl groups is 1. The van der Waals surface area contributed by atoms with Gasteiger partial charge >= 0.3 is 83.7 Å². The molecule has 2 aromatic rings. The van der Waals surface area contributed by atoms with Crippen LogP contribution in [0, 0.1) is 0 Å². The number of ether oxygens (including phenoxy) is 23. The third-order valence-corrected chi connectivity index (χ3v) is 19.5. The summed E-state index contributed by atoms with van der Waals surface area (Å²) in [5, 5.41) is 33.8. The minimum Gasteiger partial charge on any atom is -0.480 e. The number of esters is 12. The van der Waals surface area contributed by atoms with Gasteiger partial charge in [0.25, 0.3) is 0 Å². The van der Waals surface area contributed by atoms with Gasteiger partial charge in [-0.1, -0.05) is 48.5 Å². The molecule has 0 saturated carbocycles. The number of aliphatic carboxylic acids is 1. The van der Waals surface area contributed by atoms with Gasteiger partial charge < -0.3 is 140 Å². The molecule has 46 nitrogen and oxygen atoms in total. The van der Waals surface area contributed by atoms with E-state index in [1.165, 1.54) is 0 Å². The Balaban J connectivity index is 1.23. The predicted octanol–water partition coefficient (Wildman–Crippen LogP) is -1.24. The van der Waals surface area contributed by atoms with Crippen molar-refractivity contribution in [3.63, 3.8) is 0 Å². The summed E-state index contributed by atoms with van der Waals surface area (Å²) in [5.41, 5.74) is 3.31. The summed E-state index contributed by atoms with van der Waals surface area (Å²) in [6.45, 7) is 10.3. The second-order valence-corrected chi connectivity index (χ2v) is 29.4. The molecule has 1 aliphatic carbocycles. The minimum atomic E-state index is -2.32. The van der Waals surface area contributed by atoms with Crippen LogP contribution in [0.3, 0.4) is 0 Å². The normalized spacial score (nSPS) is 30.2. The Morgan fingerprint density at radius 3 is 1.08 bits per heavy atom. The molecular weight excluding hydrogens is 1680 g/mol. The lowest BCUT2D eigenvalue weighted by atomic mass is 9.93. The van der Waals surface area contributed by atoms with Crippen molar-refractivity contribution in [1.82, 2.24) is 21.3 Å². The Hall–Kier alpha value is -11.2. The molecule has 0 bridgehead atoms. The minimum absolute atomic E-state index is 0.312. The molecule has 125 heavy (non-hydrogen) atoms. The summed E-state index contributed by atoms with van der Waals surface area (Å²) in [5.74, 6) is -17.8. The molecule has 4 amide bonds. The number of hydrogen-bond donors (Lipinski definition) is 6. The molecule has 6 aliphatic rings. The van der Waals surface area contributed by atoms with E-state index in [4.69, 9.17) is 109 Å². The van der Waals surface area contributed by atoms with Crippen molar-refractivity contribution in [1.29, 1.82) is 0 Å². The third-order valence-electron chi connectivity index (χ3n) is 19.5. The Bertz CT molecular complexity index is 4210. The number of nitrogens with one attached hydrogen (secondary N) is 4. The second-order valence-electron chi connectivity index (χ2n) is 29.4. The average molecular weight is 1780 g/mol. The highest BCUT2D eigenvalue weighted by Gasteiger charge is 2.62. The first-order valence-electron chi connectivity index (χ1n) is 39.2. The van der Waals surface area contributed by atoms with E-state index in [2.05, 4.69) is 21.3 Å². The number of amides is 4. The molecule has 5 fully saturated rings. The van der Waals surface area contributed by atoms with Gasteiger partial charge in [0, 0.05) is 110 Å². The SMILES string of the molecule is CC(=O)N[C@H]1[C@H](OC[C@H]2O[C@H](O[C@H](C)[C@H](NC(=O)OCC3c4ccccc4-c4ccccc43)C(=O)O)[C@H](NC(C)=O)[C@@H](O[C@@H]3O[C@H](COC(C)=O)[C@H](OC(C)=O)[C@H](OC(C)=O)[C@H]3OC(C)=O)[C@H]2OC(C)=O)O[C@H](COC(C)=O)[C@@H](O[C@@H]2O[C@H](COC(C)=O)[C@H](OC(C)=O)[C@H](O[C@@H]3O[C@H](COC(C)=O)[C@@H](OC(C)=O)[C@H](OC(C)=O)[C@H]3NC(C)=O)[C@H]2OC(C)=O)[C@@H]1O. The number of carbonyl (C=O) groups excluding carboxylic acids is 16. The molecule has 0 unspecified atom stereocenters. The van der Waals surface area contributed by atoms with Crippen LogP contribution in [-0.2, 0) is 186 Å². The first-order valence-corrected chi connectivity index (χ1v) is 39.2. The fraction of sp³-hybridized carbons (Fsp3) is 0.633. The largest absolute Gasteiger partial charge is 0.480 e. The van der Waals surface area contributed by atoms with Gasteiger partial charge in [-0.2, -0.15) is 0 Å². The molecule has 8 rings (SSSR count). The zero-order chi connectivity index (χ0) is 92.3. The topological polar surface area (TPSA) is 591 Å². The number of carboxylic acid groups (broad SMARTS) is 1. The van der Waals surface area contributed by atoms with Crippen LogP contribution < -0.4 is 21.3 Å². The van der Waals surface area contributed by atoms with Crippen molar-refractivity contribution >= 4 is 101 Å². The van der Waals surface area contributed by atoms with Gasteiger partial charge in [-0.15, -0.1) is 0 Å². The molecule has 5 heterocycles. The number of alkyl carbamates (subject to hydrolysis) is 1. The molecule has 0 aromatic heterocycles. The van der Waals surface area contributed by atoms with Crippen molar-refractivity contribution in [3.8, 4) is 11.1 Å². The lowest BCUT2D eigenvalue weighted by Crippen LogP contribution is -2.71. The van der Waals surface area contributed by atoms with Gasteiger partial charge in [-0.3, -0.25) is 71.9 Å². The van der Waals surface area contributed by atoms with Gasteiger partial charge in [0.15, 0.2) is 86.3 Å². The summed E-state index contributed by atoms with van der Waals surface area (Å²) in [7, 11) is 0. The molecule has 5 aliphatic heterocycles. The monoisotopic (exact) mass is 1780 g/mol. The van der Waals surface area contributed by atoms with Crippen molar-refractivity contribution in [3.05, 3.63) is 59.7 Å². The van der Waals surface area contributed by atoms with Gasteiger partial charge in [0.2, 0.25) is 17.7 Å². The number of benzene rings is 2. The zero-order valence-electron chi connectivity index (χ0n) is 70.8. The van der Waals surface area contributed by atoms with E-state index < -0.39 is 306 Å². The first-order chi connectivity index (χ1) is 58.9. The molecule has 6 N–H and O–H groups in total. The number of fused-ring (bicyclic) bond motifs is 3. The van der Waals surface area contributed by atoms with Crippen molar-refractivity contribution in [2.24, 2.45) is 0 Å². The fourth-order valence-corrected chi connectivity index (χ4v) is 14.9. The van der Waals surface area contributed by atoms with Crippen LogP contribution >= 0.6 is 0 Å². The van der Waals surface area contributed by atoms with Crippen LogP contribution in [0.25, 0.3) is 11.1 Å². The highest BCUT2D eigenvalue weighted by Crippen LogP contribution is 2.45. The van der Waals surface area contributed by atoms with Crippen molar-refractivity contribution in [2.75, 3.05) is 39.6 Å². The maximum absolute atomic E-state index is 14.0. The number of carboxylic acids is 1. The van der Waals surface area contributed by atoms with E-state index in [-0.39, 0.29) is 6.61 Å². The first kappa shape index (κ1) is 99.2. The summed E-state index contributed by atoms with van der Waals surface area (Å²) in [6, 6.07) is 6.75. The van der Waals surface area contributed by atoms with E-state index in [0.717, 1.165) is 133 Å². The van der Waals surface area contributed by atoms with Gasteiger partial charge in [0.05, 0.1) is 12.7 Å². The quantitative estimate of drug-likeness (QED) is 0.0347. The molecule has 5 saturated heterocycles. The van der Waals surface area contributed by atoms with E-state index in [0.29, 0.717) is 0 Å². The molecular formula is C79H102N4O42. The molecule has 2 aromatic carbocycles. The van der Waals surface area contributed by atoms with Crippen LogP contribution in [0.2, 0.25) is 0 Å². The Labute approximate surface area is 713 Å². The summed E-state index contributed by atoms with van der Waals surface area (Å²) in [6.07, 6.45) is -47.7. The summed E-state index contributed by atoms with van der Waals surface area (Å²) < 4.78 is 138. The van der Waals surface area contributed by atoms with Crippen LogP contribution in [0.4, 0.5) is 4.79 Å². The highest BCUT2D eigenvalue weighted by molar-refractivity contribution is 5.82. The van der Waals surface area contributed by atoms with Gasteiger partial charge in [-0.05, 0) is 29.2 Å². The Kier molecular flexibility index (Phi) is 35.8. The molecule has 690 valence electrons. The fourth-order valence-electron chi connectivity index (χ4n) is 14.9. The van der Waals surface area contributed by atoms with Gasteiger partial charge in [0.1, 0.15) is 106 Å². The van der Waals surface area contributed by atoms with E-state index in [1.54, 1.807) is 12.1 Å². The van der Waals surface area contributed by atoms with Crippen LogP contribution in [-0.4, -0.2) is 317 Å². The molecule has 0 radical (unpaired) electrons. The van der Waals surface area contributed by atoms with Crippen molar-refractivity contribution in [2.45, 2.75) is 282 Å². The van der Waals surface area contributed by atoms with E-state index in [1.807, 2.05) is 36.4 Å². The van der Waals surface area contributed by atoms with Crippen LogP contribution in [0.15, 0.2) is 48.5 Å². The van der Waals surface area contributed by atoms with Crippen molar-refractivity contribution < 1.29 is 201 Å². The standard InChI is InChI=1S/C79H102N4O42/c1-31(57(73(100)101)83-79(102)108-25-51-49-23-19-17-21-47(49)48-22-18-20-24-50(48)51)109-75-60(82-34(4)86)68(124-78-71(116-45(15)97)69(115-44(14)96)65(112-41(11)93)54(122-78)28-105-37(7)89)64(111-40(10)92)56(119-75)30-107-74-58(80-32(2)84)61(99)62(52(118-74)26-103-35(5)87)123-77-72(117-46(16)98)70(66(113-42(12)94)55(121-77)29-106-38(8)90)125-76-59(81-33(3)85)67(114-43(13)95)63(110-39(9)91)53(120-76)27-104-36(6)88/h17-24,31,51-72,74-78,99H,25-30H2,1-16H3,(H,80,84)(H,81,85)(H,82,86)(H,83,102)(H,100,101)/t31-,52-,53-,54-,55-,56-,57+,58-,59-,60-,61-,62-,63-,64+,65+,66+,67-,68-,69+,70+,71-,72-,74-,75+,76+,77+,78+/m1/s1. The maximum atomic E-state index is 14.0. The number of hydrogen-bond acceptors (Lipinski definition) is 41. The Morgan fingerprint density at radius 1 is 0.336 bits per heavy atom.